The Morgan fingerprint density at radius 2 is 1.78 bits per heavy atom. The van der Waals surface area contributed by atoms with Crippen molar-refractivity contribution < 1.29 is 23.9 Å². The Morgan fingerprint density at radius 1 is 1.07 bits per heavy atom. The van der Waals surface area contributed by atoms with E-state index in [0.717, 1.165) is 10.0 Å². The summed E-state index contributed by atoms with van der Waals surface area (Å²) in [6.07, 6.45) is 0.177. The molecule has 0 unspecified atom stereocenters. The van der Waals surface area contributed by atoms with Crippen molar-refractivity contribution >= 4 is 45.4 Å². The molecule has 27 heavy (non-hydrogen) atoms. The van der Waals surface area contributed by atoms with Gasteiger partial charge in [-0.2, -0.15) is 0 Å². The summed E-state index contributed by atoms with van der Waals surface area (Å²) in [5, 5.41) is 3.14. The van der Waals surface area contributed by atoms with E-state index in [1.165, 1.54) is 32.4 Å². The van der Waals surface area contributed by atoms with Crippen LogP contribution in [0.3, 0.4) is 0 Å². The molecule has 0 heterocycles. The second-order valence-corrected chi connectivity index (χ2v) is 6.85. The second-order valence-electron chi connectivity index (χ2n) is 5.56. The number of ether oxygens (including phenoxy) is 2. The summed E-state index contributed by atoms with van der Waals surface area (Å²) in [4.78, 5) is 36.3. The smallest absolute Gasteiger partial charge is 0.337 e. The fourth-order valence-electron chi connectivity index (χ4n) is 2.40. The molecule has 0 aliphatic rings. The first-order valence-corrected chi connectivity index (χ1v) is 9.03. The minimum absolute atomic E-state index is 0.177. The van der Waals surface area contributed by atoms with Crippen molar-refractivity contribution in [2.45, 2.75) is 12.5 Å². The van der Waals surface area contributed by atoms with E-state index < -0.39 is 23.9 Å². The molecular weight excluding hydrogens is 438 g/mol. The first-order chi connectivity index (χ1) is 12.8. The van der Waals surface area contributed by atoms with Crippen LogP contribution >= 0.6 is 27.5 Å². The Labute approximate surface area is 169 Å². The summed E-state index contributed by atoms with van der Waals surface area (Å²) in [6, 6.07) is 10.2. The van der Waals surface area contributed by atoms with Crippen molar-refractivity contribution in [1.82, 2.24) is 5.32 Å². The van der Waals surface area contributed by atoms with Gasteiger partial charge in [-0.15, -0.1) is 0 Å². The van der Waals surface area contributed by atoms with Gasteiger partial charge in [0.2, 0.25) is 0 Å². The molecule has 0 fully saturated rings. The number of benzene rings is 2. The summed E-state index contributed by atoms with van der Waals surface area (Å²) in [5.74, 6) is -1.68. The van der Waals surface area contributed by atoms with Gasteiger partial charge >= 0.3 is 11.9 Å². The van der Waals surface area contributed by atoms with Gasteiger partial charge in [0.1, 0.15) is 6.04 Å². The normalized spacial score (nSPS) is 11.4. The Morgan fingerprint density at radius 3 is 2.44 bits per heavy atom. The summed E-state index contributed by atoms with van der Waals surface area (Å²) < 4.78 is 10.2. The number of rotatable bonds is 6. The average Bonchev–Trinajstić information content (AvgIpc) is 2.68. The minimum Gasteiger partial charge on any atom is -0.467 e. The lowest BCUT2D eigenvalue weighted by Crippen LogP contribution is -2.43. The Balaban J connectivity index is 2.23. The van der Waals surface area contributed by atoms with Crippen LogP contribution in [0.15, 0.2) is 46.9 Å². The highest BCUT2D eigenvalue weighted by molar-refractivity contribution is 9.10. The predicted octanol–water partition coefficient (Wildman–Crippen LogP) is 3.40. The van der Waals surface area contributed by atoms with Crippen LogP contribution in [0.5, 0.6) is 0 Å². The van der Waals surface area contributed by atoms with Gasteiger partial charge < -0.3 is 14.8 Å². The van der Waals surface area contributed by atoms with E-state index in [-0.39, 0.29) is 17.5 Å². The zero-order valence-electron chi connectivity index (χ0n) is 14.6. The maximum absolute atomic E-state index is 12.6. The van der Waals surface area contributed by atoms with Crippen molar-refractivity contribution in [3.63, 3.8) is 0 Å². The van der Waals surface area contributed by atoms with Gasteiger partial charge in [-0.05, 0) is 42.0 Å². The van der Waals surface area contributed by atoms with Crippen molar-refractivity contribution in [2.75, 3.05) is 14.2 Å². The third kappa shape index (κ3) is 5.55. The lowest BCUT2D eigenvalue weighted by Gasteiger charge is -2.18. The van der Waals surface area contributed by atoms with Gasteiger partial charge in [-0.1, -0.05) is 33.6 Å². The highest BCUT2D eigenvalue weighted by Crippen LogP contribution is 2.23. The van der Waals surface area contributed by atoms with Gasteiger partial charge in [-0.3, -0.25) is 4.79 Å². The number of carbonyl (C=O) groups is 3. The number of amides is 1. The number of esters is 2. The molecular formula is C19H17BrClNO5. The molecule has 0 radical (unpaired) electrons. The predicted molar refractivity (Wildman–Crippen MR) is 104 cm³/mol. The van der Waals surface area contributed by atoms with E-state index in [0.29, 0.717) is 5.02 Å². The number of halogens is 2. The van der Waals surface area contributed by atoms with Crippen molar-refractivity contribution in [3.05, 3.63) is 68.7 Å². The number of methoxy groups -OCH3 is 2. The highest BCUT2D eigenvalue weighted by atomic mass is 79.9. The first kappa shape index (κ1) is 20.9. The SMILES string of the molecule is COC(=O)c1cccc(C(=O)N[C@H](Cc2cc(Cl)ccc2Br)C(=O)OC)c1. The second kappa shape index (κ2) is 9.53. The molecule has 2 rings (SSSR count). The van der Waals surface area contributed by atoms with E-state index in [1.807, 2.05) is 0 Å². The number of nitrogens with one attached hydrogen (secondary N) is 1. The van der Waals surface area contributed by atoms with Crippen LogP contribution in [-0.4, -0.2) is 38.1 Å². The molecule has 2 aromatic carbocycles. The molecule has 0 aromatic heterocycles. The molecule has 8 heteroatoms. The minimum atomic E-state index is -0.931. The molecule has 2 aromatic rings. The Kier molecular flexibility index (Phi) is 7.38. The van der Waals surface area contributed by atoms with Gasteiger partial charge in [0, 0.05) is 21.5 Å². The third-order valence-electron chi connectivity index (χ3n) is 3.77. The van der Waals surface area contributed by atoms with Gasteiger partial charge in [0.15, 0.2) is 0 Å². The fourth-order valence-corrected chi connectivity index (χ4v) is 3.01. The lowest BCUT2D eigenvalue weighted by atomic mass is 10.0. The molecule has 1 atom stereocenters. The maximum Gasteiger partial charge on any atom is 0.337 e. The summed E-state index contributed by atoms with van der Waals surface area (Å²) in [5.41, 5.74) is 1.19. The maximum atomic E-state index is 12.6. The number of hydrogen-bond acceptors (Lipinski definition) is 5. The van der Waals surface area contributed by atoms with E-state index in [2.05, 4.69) is 26.0 Å². The monoisotopic (exact) mass is 453 g/mol. The molecule has 0 saturated carbocycles. The molecule has 1 amide bonds. The van der Waals surface area contributed by atoms with Gasteiger partial charge in [-0.25, -0.2) is 9.59 Å². The summed E-state index contributed by atoms with van der Waals surface area (Å²) >= 11 is 9.41. The third-order valence-corrected chi connectivity index (χ3v) is 4.78. The number of hydrogen-bond donors (Lipinski definition) is 1. The molecule has 0 spiro atoms. The average molecular weight is 455 g/mol. The Bertz CT molecular complexity index is 871. The molecule has 0 aliphatic carbocycles. The topological polar surface area (TPSA) is 81.7 Å². The summed E-state index contributed by atoms with van der Waals surface area (Å²) in [6.45, 7) is 0. The van der Waals surface area contributed by atoms with Crippen molar-refractivity contribution in [2.24, 2.45) is 0 Å². The van der Waals surface area contributed by atoms with Crippen LogP contribution in [-0.2, 0) is 20.7 Å². The Hall–Kier alpha value is -2.38. The van der Waals surface area contributed by atoms with E-state index >= 15 is 0 Å². The van der Waals surface area contributed by atoms with Crippen LogP contribution < -0.4 is 5.32 Å². The van der Waals surface area contributed by atoms with Crippen molar-refractivity contribution in [1.29, 1.82) is 0 Å². The van der Waals surface area contributed by atoms with Crippen molar-refractivity contribution in [3.8, 4) is 0 Å². The molecule has 1 N–H and O–H groups in total. The van der Waals surface area contributed by atoms with Gasteiger partial charge in [0.05, 0.1) is 19.8 Å². The molecule has 0 saturated heterocycles. The molecule has 6 nitrogen and oxygen atoms in total. The molecule has 0 bridgehead atoms. The van der Waals surface area contributed by atoms with E-state index in [4.69, 9.17) is 16.3 Å². The van der Waals surface area contributed by atoms with E-state index in [1.54, 1.807) is 24.3 Å². The van der Waals surface area contributed by atoms with Gasteiger partial charge in [0.25, 0.3) is 5.91 Å². The quantitative estimate of drug-likeness (QED) is 0.677. The zero-order chi connectivity index (χ0) is 20.0. The van der Waals surface area contributed by atoms with Crippen LogP contribution in [0, 0.1) is 0 Å². The van der Waals surface area contributed by atoms with Crippen LogP contribution in [0.25, 0.3) is 0 Å². The lowest BCUT2D eigenvalue weighted by molar-refractivity contribution is -0.142. The highest BCUT2D eigenvalue weighted by Gasteiger charge is 2.24. The number of carbonyl (C=O) groups excluding carboxylic acids is 3. The molecule has 142 valence electrons. The first-order valence-electron chi connectivity index (χ1n) is 7.86. The largest absolute Gasteiger partial charge is 0.467 e. The zero-order valence-corrected chi connectivity index (χ0v) is 17.0. The van der Waals surface area contributed by atoms with E-state index in [9.17, 15) is 14.4 Å². The van der Waals surface area contributed by atoms with Crippen LogP contribution in [0.2, 0.25) is 5.02 Å². The van der Waals surface area contributed by atoms with Crippen LogP contribution in [0.1, 0.15) is 26.3 Å². The van der Waals surface area contributed by atoms with Crippen LogP contribution in [0.4, 0.5) is 0 Å². The standard InChI is InChI=1S/C19H17BrClNO5/c1-26-18(24)12-5-3-4-11(8-12)17(23)22-16(19(25)27-2)10-13-9-14(21)6-7-15(13)20/h3-9,16H,10H2,1-2H3,(H,22,23)/t16-/m1/s1. The fraction of sp³-hybridized carbons (Fsp3) is 0.211. The summed E-state index contributed by atoms with van der Waals surface area (Å²) in [7, 11) is 2.50. The molecule has 0 aliphatic heterocycles.